The maximum Gasteiger partial charge on any atom is 0.0136 e. The summed E-state index contributed by atoms with van der Waals surface area (Å²) in [6.07, 6.45) is 5.24. The molecule has 1 atom stereocenters. The summed E-state index contributed by atoms with van der Waals surface area (Å²) >= 11 is 0. The molecule has 0 amide bonds. The van der Waals surface area contributed by atoms with Gasteiger partial charge in [0, 0.05) is 6.04 Å². The molecule has 0 aromatic rings. The predicted octanol–water partition coefficient (Wildman–Crippen LogP) is 0.463. The van der Waals surface area contributed by atoms with Crippen molar-refractivity contribution in [3.05, 3.63) is 0 Å². The van der Waals surface area contributed by atoms with Gasteiger partial charge >= 0.3 is 0 Å². The lowest BCUT2D eigenvalue weighted by atomic mass is 9.83. The van der Waals surface area contributed by atoms with Crippen molar-refractivity contribution in [1.82, 2.24) is 0 Å². The largest absolute Gasteiger partial charge is 0.330 e. The minimum atomic E-state index is 0.366. The summed E-state index contributed by atoms with van der Waals surface area (Å²) in [6.45, 7) is 0.810. The lowest BCUT2D eigenvalue weighted by Crippen LogP contribution is -2.40. The first kappa shape index (κ1) is 6.62. The zero-order valence-electron chi connectivity index (χ0n) is 6.34. The van der Waals surface area contributed by atoms with Gasteiger partial charge in [-0.15, -0.1) is 0 Å². The molecular formula is C8H16N2. The van der Waals surface area contributed by atoms with Gasteiger partial charge in [-0.25, -0.2) is 0 Å². The first-order chi connectivity index (χ1) is 4.78. The van der Waals surface area contributed by atoms with E-state index in [0.29, 0.717) is 11.5 Å². The van der Waals surface area contributed by atoms with E-state index in [2.05, 4.69) is 0 Å². The fourth-order valence-electron chi connectivity index (χ4n) is 2.75. The fraction of sp³-hybridized carbons (Fsp3) is 1.00. The number of rotatable bonds is 1. The van der Waals surface area contributed by atoms with Gasteiger partial charge in [0.1, 0.15) is 0 Å². The van der Waals surface area contributed by atoms with Crippen LogP contribution >= 0.6 is 0 Å². The molecule has 58 valence electrons. The summed E-state index contributed by atoms with van der Waals surface area (Å²) in [6, 6.07) is 0.428. The Kier molecular flexibility index (Phi) is 1.29. The average Bonchev–Trinajstić information content (AvgIpc) is 2.46. The smallest absolute Gasteiger partial charge is 0.0136 e. The molecule has 2 bridgehead atoms. The quantitative estimate of drug-likeness (QED) is 0.556. The van der Waals surface area contributed by atoms with Crippen LogP contribution in [0.1, 0.15) is 25.7 Å². The van der Waals surface area contributed by atoms with Crippen molar-refractivity contribution < 1.29 is 0 Å². The maximum atomic E-state index is 6.05. The molecule has 0 radical (unpaired) electrons. The second-order valence-corrected chi connectivity index (χ2v) is 3.93. The van der Waals surface area contributed by atoms with Gasteiger partial charge in [-0.3, -0.25) is 0 Å². The van der Waals surface area contributed by atoms with E-state index in [1.807, 2.05) is 0 Å². The first-order valence-corrected chi connectivity index (χ1v) is 4.24. The molecule has 0 aromatic carbocycles. The van der Waals surface area contributed by atoms with Gasteiger partial charge in [0.2, 0.25) is 0 Å². The summed E-state index contributed by atoms with van der Waals surface area (Å²) in [5.41, 5.74) is 12.1. The highest BCUT2D eigenvalue weighted by atomic mass is 14.8. The monoisotopic (exact) mass is 140 g/mol. The molecule has 2 saturated carbocycles. The molecule has 2 heteroatoms. The molecule has 10 heavy (non-hydrogen) atoms. The third-order valence-electron chi connectivity index (χ3n) is 3.65. The third-order valence-corrected chi connectivity index (χ3v) is 3.65. The molecule has 0 spiro atoms. The number of nitrogens with two attached hydrogens (primary N) is 2. The normalized spacial score (nSPS) is 52.2. The van der Waals surface area contributed by atoms with E-state index in [1.165, 1.54) is 25.7 Å². The third kappa shape index (κ3) is 0.611. The van der Waals surface area contributed by atoms with Crippen LogP contribution < -0.4 is 11.5 Å². The highest BCUT2D eigenvalue weighted by Crippen LogP contribution is 2.52. The van der Waals surface area contributed by atoms with Crippen LogP contribution in [0.2, 0.25) is 0 Å². The SMILES string of the molecule is NCC12CCC(CC1)C2N. The van der Waals surface area contributed by atoms with E-state index in [9.17, 15) is 0 Å². The average molecular weight is 140 g/mol. The standard InChI is InChI=1S/C8H16N2/c9-5-8-3-1-6(2-4-8)7(8)10/h6-7H,1-5,9-10H2. The van der Waals surface area contributed by atoms with Crippen LogP contribution in [0.25, 0.3) is 0 Å². The fourth-order valence-corrected chi connectivity index (χ4v) is 2.75. The highest BCUT2D eigenvalue weighted by molar-refractivity contribution is 5.05. The van der Waals surface area contributed by atoms with Crippen LogP contribution in [-0.2, 0) is 0 Å². The minimum Gasteiger partial charge on any atom is -0.330 e. The summed E-state index contributed by atoms with van der Waals surface area (Å²) in [5.74, 6) is 0.809. The second kappa shape index (κ2) is 1.95. The number of hydrogen-bond donors (Lipinski definition) is 2. The molecule has 0 saturated heterocycles. The number of fused-ring (bicyclic) bond motifs is 2. The van der Waals surface area contributed by atoms with Crippen molar-refractivity contribution in [2.45, 2.75) is 31.7 Å². The molecule has 2 aliphatic rings. The topological polar surface area (TPSA) is 52.0 Å². The molecule has 2 fully saturated rings. The van der Waals surface area contributed by atoms with Crippen molar-refractivity contribution in [1.29, 1.82) is 0 Å². The Morgan fingerprint density at radius 1 is 1.30 bits per heavy atom. The molecule has 0 aliphatic heterocycles. The molecular weight excluding hydrogens is 124 g/mol. The predicted molar refractivity (Wildman–Crippen MR) is 41.4 cm³/mol. The summed E-state index contributed by atoms with van der Waals surface area (Å²) in [7, 11) is 0. The Labute approximate surface area is 62.0 Å². The Morgan fingerprint density at radius 3 is 2.10 bits per heavy atom. The van der Waals surface area contributed by atoms with Gasteiger partial charge in [-0.2, -0.15) is 0 Å². The lowest BCUT2D eigenvalue weighted by Gasteiger charge is -2.27. The molecule has 2 aliphatic carbocycles. The molecule has 1 unspecified atom stereocenters. The zero-order valence-corrected chi connectivity index (χ0v) is 6.34. The molecule has 2 rings (SSSR count). The van der Waals surface area contributed by atoms with E-state index in [0.717, 1.165) is 12.5 Å². The van der Waals surface area contributed by atoms with Gasteiger partial charge in [-0.05, 0) is 43.6 Å². The van der Waals surface area contributed by atoms with Crippen molar-refractivity contribution in [3.8, 4) is 0 Å². The lowest BCUT2D eigenvalue weighted by molar-refractivity contribution is 0.283. The molecule has 0 aromatic heterocycles. The van der Waals surface area contributed by atoms with Crippen molar-refractivity contribution in [3.63, 3.8) is 0 Å². The van der Waals surface area contributed by atoms with Crippen molar-refractivity contribution >= 4 is 0 Å². The van der Waals surface area contributed by atoms with E-state index in [1.54, 1.807) is 0 Å². The van der Waals surface area contributed by atoms with E-state index >= 15 is 0 Å². The van der Waals surface area contributed by atoms with E-state index in [-0.39, 0.29) is 0 Å². The summed E-state index contributed by atoms with van der Waals surface area (Å²) in [5, 5.41) is 0. The zero-order chi connectivity index (χ0) is 7.19. The van der Waals surface area contributed by atoms with Crippen LogP contribution in [0.5, 0.6) is 0 Å². The van der Waals surface area contributed by atoms with Gasteiger partial charge in [0.15, 0.2) is 0 Å². The van der Waals surface area contributed by atoms with Gasteiger partial charge in [0.25, 0.3) is 0 Å². The van der Waals surface area contributed by atoms with E-state index < -0.39 is 0 Å². The van der Waals surface area contributed by atoms with E-state index in [4.69, 9.17) is 11.5 Å². The Morgan fingerprint density at radius 2 is 1.90 bits per heavy atom. The van der Waals surface area contributed by atoms with Crippen LogP contribution in [-0.4, -0.2) is 12.6 Å². The maximum absolute atomic E-state index is 6.05. The molecule has 2 nitrogen and oxygen atoms in total. The Bertz CT molecular complexity index is 136. The minimum absolute atomic E-state index is 0.366. The van der Waals surface area contributed by atoms with Gasteiger partial charge in [0.05, 0.1) is 0 Å². The van der Waals surface area contributed by atoms with Crippen LogP contribution in [0, 0.1) is 11.3 Å². The van der Waals surface area contributed by atoms with Crippen molar-refractivity contribution in [2.75, 3.05) is 6.54 Å². The summed E-state index contributed by atoms with van der Waals surface area (Å²) in [4.78, 5) is 0. The van der Waals surface area contributed by atoms with Crippen LogP contribution in [0.3, 0.4) is 0 Å². The molecule has 0 heterocycles. The molecule has 4 N–H and O–H groups in total. The highest BCUT2D eigenvalue weighted by Gasteiger charge is 2.50. The first-order valence-electron chi connectivity index (χ1n) is 4.24. The Hall–Kier alpha value is -0.0800. The van der Waals surface area contributed by atoms with Crippen molar-refractivity contribution in [2.24, 2.45) is 22.8 Å². The second-order valence-electron chi connectivity index (χ2n) is 3.93. The van der Waals surface area contributed by atoms with Crippen LogP contribution in [0.15, 0.2) is 0 Å². The van der Waals surface area contributed by atoms with Gasteiger partial charge in [-0.1, -0.05) is 0 Å². The van der Waals surface area contributed by atoms with Crippen LogP contribution in [0.4, 0.5) is 0 Å². The number of hydrogen-bond acceptors (Lipinski definition) is 2. The Balaban J connectivity index is 2.22. The summed E-state index contributed by atoms with van der Waals surface area (Å²) < 4.78 is 0. The van der Waals surface area contributed by atoms with Gasteiger partial charge < -0.3 is 11.5 Å².